The zero-order chi connectivity index (χ0) is 35.8. The van der Waals surface area contributed by atoms with E-state index in [9.17, 15) is 0 Å². The van der Waals surface area contributed by atoms with Crippen molar-refractivity contribution in [2.45, 2.75) is 0 Å². The first kappa shape index (κ1) is 31.3. The van der Waals surface area contributed by atoms with Crippen LogP contribution >= 0.6 is 0 Å². The summed E-state index contributed by atoms with van der Waals surface area (Å²) in [7, 11) is 0. The van der Waals surface area contributed by atoms with Gasteiger partial charge in [-0.1, -0.05) is 182 Å². The van der Waals surface area contributed by atoms with Crippen LogP contribution in [0.1, 0.15) is 0 Å². The molecule has 0 spiro atoms. The monoisotopic (exact) mass is 690 g/mol. The Bertz CT molecular complexity index is 2780. The van der Waals surface area contributed by atoms with Crippen LogP contribution in [-0.4, -0.2) is 29.9 Å². The van der Waals surface area contributed by atoms with E-state index in [1.54, 1.807) is 0 Å². The van der Waals surface area contributed by atoms with Crippen LogP contribution in [0.5, 0.6) is 0 Å². The van der Waals surface area contributed by atoms with E-state index in [0.29, 0.717) is 34.9 Å². The van der Waals surface area contributed by atoms with E-state index in [1.807, 2.05) is 84.9 Å². The third kappa shape index (κ3) is 5.63. The van der Waals surface area contributed by atoms with Crippen LogP contribution in [0.3, 0.4) is 0 Å². The summed E-state index contributed by atoms with van der Waals surface area (Å²) in [6.07, 6.45) is 0. The first-order chi connectivity index (χ1) is 26.8. The topological polar surface area (TPSA) is 77.3 Å². The highest BCUT2D eigenvalue weighted by atomic mass is 15.0. The zero-order valence-electron chi connectivity index (χ0n) is 29.0. The molecule has 0 aliphatic heterocycles. The standard InChI is InChI=1S/C48H30N6/c1-3-17-33(18-4-1)43-49-45(39-27-11-21-31-15-7-9-23-35(31)39)53-47(51-43)41-29-13-26-38-37(41)25-14-30-42(38)48-52-44(34-19-5-2-6-20-34)50-46(54-48)40-28-12-22-32-16-8-10-24-36(32)40/h1-30H. The van der Waals surface area contributed by atoms with Gasteiger partial charge in [-0.25, -0.2) is 29.9 Å². The normalized spacial score (nSPS) is 11.3. The highest BCUT2D eigenvalue weighted by Gasteiger charge is 2.19. The van der Waals surface area contributed by atoms with Gasteiger partial charge in [-0.2, -0.15) is 0 Å². The number of nitrogens with zero attached hydrogens (tertiary/aromatic N) is 6. The highest BCUT2D eigenvalue weighted by molar-refractivity contribution is 6.03. The second kappa shape index (κ2) is 13.3. The van der Waals surface area contributed by atoms with Gasteiger partial charge in [0.05, 0.1) is 0 Å². The third-order valence-corrected chi connectivity index (χ3v) is 9.80. The van der Waals surface area contributed by atoms with Crippen LogP contribution in [0.15, 0.2) is 182 Å². The molecule has 0 radical (unpaired) electrons. The maximum Gasteiger partial charge on any atom is 0.164 e. The number of hydrogen-bond donors (Lipinski definition) is 0. The van der Waals surface area contributed by atoms with Gasteiger partial charge in [0.25, 0.3) is 0 Å². The molecule has 0 unspecified atom stereocenters. The summed E-state index contributed by atoms with van der Waals surface area (Å²) in [5.41, 5.74) is 5.53. The molecule has 0 N–H and O–H groups in total. The summed E-state index contributed by atoms with van der Waals surface area (Å²) in [5, 5.41) is 6.39. The number of rotatable bonds is 6. The summed E-state index contributed by atoms with van der Waals surface area (Å²) in [6.45, 7) is 0. The molecule has 252 valence electrons. The molecular weight excluding hydrogens is 661 g/mol. The Labute approximate surface area is 311 Å². The molecule has 0 bridgehead atoms. The lowest BCUT2D eigenvalue weighted by atomic mass is 9.98. The van der Waals surface area contributed by atoms with Crippen molar-refractivity contribution in [3.05, 3.63) is 182 Å². The predicted octanol–water partition coefficient (Wildman–Crippen LogP) is 11.5. The largest absolute Gasteiger partial charge is 0.208 e. The molecule has 6 nitrogen and oxygen atoms in total. The number of hydrogen-bond acceptors (Lipinski definition) is 6. The lowest BCUT2D eigenvalue weighted by Gasteiger charge is -2.14. The Morgan fingerprint density at radius 3 is 0.889 bits per heavy atom. The van der Waals surface area contributed by atoms with Crippen molar-refractivity contribution >= 4 is 32.3 Å². The van der Waals surface area contributed by atoms with Crippen molar-refractivity contribution in [2.24, 2.45) is 0 Å². The average Bonchev–Trinajstić information content (AvgIpc) is 3.26. The molecule has 0 atom stereocenters. The van der Waals surface area contributed by atoms with Crippen molar-refractivity contribution < 1.29 is 0 Å². The maximum absolute atomic E-state index is 5.18. The van der Waals surface area contributed by atoms with Gasteiger partial charge >= 0.3 is 0 Å². The lowest BCUT2D eigenvalue weighted by molar-refractivity contribution is 1.08. The summed E-state index contributed by atoms with van der Waals surface area (Å²) in [4.78, 5) is 30.6. The Balaban J connectivity index is 1.19. The summed E-state index contributed by atoms with van der Waals surface area (Å²) >= 11 is 0. The quantitative estimate of drug-likeness (QED) is 0.173. The van der Waals surface area contributed by atoms with Crippen molar-refractivity contribution in [3.63, 3.8) is 0 Å². The van der Waals surface area contributed by atoms with E-state index in [0.717, 1.165) is 65.7 Å². The summed E-state index contributed by atoms with van der Waals surface area (Å²) < 4.78 is 0. The average molecular weight is 691 g/mol. The van der Waals surface area contributed by atoms with Crippen LogP contribution in [-0.2, 0) is 0 Å². The van der Waals surface area contributed by atoms with E-state index < -0.39 is 0 Å². The fourth-order valence-corrected chi connectivity index (χ4v) is 7.21. The van der Waals surface area contributed by atoms with Gasteiger partial charge in [0, 0.05) is 33.4 Å². The Hall–Kier alpha value is -7.44. The molecule has 0 saturated carbocycles. The van der Waals surface area contributed by atoms with Crippen LogP contribution in [0.25, 0.3) is 101 Å². The Morgan fingerprint density at radius 1 is 0.204 bits per heavy atom. The zero-order valence-corrected chi connectivity index (χ0v) is 29.0. The fourth-order valence-electron chi connectivity index (χ4n) is 7.21. The molecule has 2 aromatic heterocycles. The fraction of sp³-hybridized carbons (Fsp3) is 0. The first-order valence-electron chi connectivity index (χ1n) is 17.9. The smallest absolute Gasteiger partial charge is 0.164 e. The molecule has 0 amide bonds. The first-order valence-corrected chi connectivity index (χ1v) is 17.9. The van der Waals surface area contributed by atoms with Gasteiger partial charge in [-0.05, 0) is 32.3 Å². The molecule has 2 heterocycles. The van der Waals surface area contributed by atoms with Gasteiger partial charge in [-0.15, -0.1) is 0 Å². The van der Waals surface area contributed by atoms with Crippen LogP contribution in [0, 0.1) is 0 Å². The molecule has 0 fully saturated rings. The van der Waals surface area contributed by atoms with Crippen molar-refractivity contribution in [1.29, 1.82) is 0 Å². The molecular formula is C48H30N6. The second-order valence-corrected chi connectivity index (χ2v) is 13.1. The minimum Gasteiger partial charge on any atom is -0.208 e. The van der Waals surface area contributed by atoms with E-state index in [-0.39, 0.29) is 0 Å². The van der Waals surface area contributed by atoms with Gasteiger partial charge in [0.1, 0.15) is 0 Å². The van der Waals surface area contributed by atoms with Crippen LogP contribution < -0.4 is 0 Å². The van der Waals surface area contributed by atoms with E-state index >= 15 is 0 Å². The molecule has 54 heavy (non-hydrogen) atoms. The van der Waals surface area contributed by atoms with Crippen LogP contribution in [0.4, 0.5) is 0 Å². The molecule has 10 aromatic rings. The molecule has 6 heteroatoms. The van der Waals surface area contributed by atoms with E-state index in [1.165, 1.54) is 0 Å². The Morgan fingerprint density at radius 2 is 0.481 bits per heavy atom. The molecule has 10 rings (SSSR count). The van der Waals surface area contributed by atoms with E-state index in [2.05, 4.69) is 97.1 Å². The molecule has 8 aromatic carbocycles. The SMILES string of the molecule is c1ccc(-c2nc(-c3cccc4ccccc34)nc(-c3cccc4c(-c5nc(-c6ccccc6)nc(-c6cccc7ccccc67)n5)cccc34)n2)cc1. The van der Waals surface area contributed by atoms with Crippen molar-refractivity contribution in [1.82, 2.24) is 29.9 Å². The lowest BCUT2D eigenvalue weighted by Crippen LogP contribution is -2.02. The maximum atomic E-state index is 5.18. The Kier molecular flexibility index (Phi) is 7.69. The van der Waals surface area contributed by atoms with E-state index in [4.69, 9.17) is 29.9 Å². The number of aromatic nitrogens is 6. The van der Waals surface area contributed by atoms with Gasteiger partial charge in [-0.3, -0.25) is 0 Å². The molecule has 0 aliphatic carbocycles. The van der Waals surface area contributed by atoms with Crippen molar-refractivity contribution in [3.8, 4) is 68.3 Å². The minimum absolute atomic E-state index is 0.589. The third-order valence-electron chi connectivity index (χ3n) is 9.80. The number of benzene rings is 8. The minimum atomic E-state index is 0.589. The second-order valence-electron chi connectivity index (χ2n) is 13.1. The van der Waals surface area contributed by atoms with Crippen LogP contribution in [0.2, 0.25) is 0 Å². The molecule has 0 saturated heterocycles. The summed E-state index contributed by atoms with van der Waals surface area (Å²) in [5.74, 6) is 3.64. The number of fused-ring (bicyclic) bond motifs is 3. The van der Waals surface area contributed by atoms with Gasteiger partial charge < -0.3 is 0 Å². The van der Waals surface area contributed by atoms with Crippen molar-refractivity contribution in [2.75, 3.05) is 0 Å². The highest BCUT2D eigenvalue weighted by Crippen LogP contribution is 2.36. The summed E-state index contributed by atoms with van der Waals surface area (Å²) in [6, 6.07) is 61.8. The van der Waals surface area contributed by atoms with Gasteiger partial charge in [0.15, 0.2) is 34.9 Å². The molecule has 0 aliphatic rings. The predicted molar refractivity (Wildman–Crippen MR) is 218 cm³/mol. The van der Waals surface area contributed by atoms with Gasteiger partial charge in [0.2, 0.25) is 0 Å².